The highest BCUT2D eigenvalue weighted by Crippen LogP contribution is 2.22. The fourth-order valence-corrected chi connectivity index (χ4v) is 4.32. The van der Waals surface area contributed by atoms with Crippen LogP contribution in [-0.4, -0.2) is 65.9 Å². The van der Waals surface area contributed by atoms with Gasteiger partial charge >= 0.3 is 0 Å². The van der Waals surface area contributed by atoms with Crippen LogP contribution in [0.2, 0.25) is 0 Å². The summed E-state index contributed by atoms with van der Waals surface area (Å²) in [5, 5.41) is 3.07. The predicted octanol–water partition coefficient (Wildman–Crippen LogP) is 2.48. The number of carbonyl (C=O) groups is 2. The van der Waals surface area contributed by atoms with Crippen molar-refractivity contribution in [1.29, 1.82) is 0 Å². The molecule has 3 heterocycles. The molecular weight excluding hydrogens is 340 g/mol. The van der Waals surface area contributed by atoms with Crippen LogP contribution < -0.4 is 5.32 Å². The van der Waals surface area contributed by atoms with E-state index in [0.717, 1.165) is 56.7 Å². The third-order valence-corrected chi connectivity index (χ3v) is 5.91. The largest absolute Gasteiger partial charge is 0.356 e. The molecule has 6 nitrogen and oxygen atoms in total. The molecule has 6 heteroatoms. The van der Waals surface area contributed by atoms with Gasteiger partial charge in [-0.2, -0.15) is 0 Å². The lowest BCUT2D eigenvalue weighted by Gasteiger charge is -2.31. The Labute approximate surface area is 162 Å². The van der Waals surface area contributed by atoms with Crippen molar-refractivity contribution in [2.45, 2.75) is 52.4 Å². The van der Waals surface area contributed by atoms with E-state index in [-0.39, 0.29) is 11.8 Å². The molecule has 0 aliphatic carbocycles. The lowest BCUT2D eigenvalue weighted by atomic mass is 9.93. The minimum absolute atomic E-state index is 0.0883. The Bertz CT molecular complexity index is 641. The molecule has 3 rings (SSSR count). The van der Waals surface area contributed by atoms with E-state index < -0.39 is 0 Å². The molecule has 0 unspecified atom stereocenters. The smallest absolute Gasteiger partial charge is 0.270 e. The standard InChI is InChI=1S/C21H34N4O2/c1-16-14-17(2)23-20(16)21(27)25-12-6-18(7-13-25)15-19(26)22-8-5-11-24-9-3-4-10-24/h14,18,23H,3-13,15H2,1-2H3,(H,22,26). The number of carbonyl (C=O) groups excluding carboxylic acids is 2. The number of rotatable bonds is 7. The van der Waals surface area contributed by atoms with Gasteiger partial charge in [0.15, 0.2) is 0 Å². The van der Waals surface area contributed by atoms with Crippen LogP contribution in [0.5, 0.6) is 0 Å². The summed E-state index contributed by atoms with van der Waals surface area (Å²) >= 11 is 0. The maximum atomic E-state index is 12.7. The Balaban J connectivity index is 1.33. The second-order valence-corrected chi connectivity index (χ2v) is 8.20. The van der Waals surface area contributed by atoms with E-state index in [1.54, 1.807) is 0 Å². The summed E-state index contributed by atoms with van der Waals surface area (Å²) in [5.41, 5.74) is 2.74. The summed E-state index contributed by atoms with van der Waals surface area (Å²) in [7, 11) is 0. The number of nitrogens with one attached hydrogen (secondary N) is 2. The normalized spacial score (nSPS) is 18.8. The molecular formula is C21H34N4O2. The maximum absolute atomic E-state index is 12.7. The molecule has 1 aromatic rings. The van der Waals surface area contributed by atoms with E-state index in [4.69, 9.17) is 0 Å². The molecule has 27 heavy (non-hydrogen) atoms. The van der Waals surface area contributed by atoms with Gasteiger partial charge in [0.2, 0.25) is 5.91 Å². The van der Waals surface area contributed by atoms with Crippen LogP contribution in [-0.2, 0) is 4.79 Å². The molecule has 2 aliphatic heterocycles. The van der Waals surface area contributed by atoms with Crippen LogP contribution in [0.3, 0.4) is 0 Å². The molecule has 0 aromatic carbocycles. The molecule has 2 N–H and O–H groups in total. The molecule has 2 saturated heterocycles. The lowest BCUT2D eigenvalue weighted by Crippen LogP contribution is -2.40. The number of piperidine rings is 1. The number of hydrogen-bond donors (Lipinski definition) is 2. The molecule has 0 radical (unpaired) electrons. The van der Waals surface area contributed by atoms with Gasteiger partial charge in [-0.15, -0.1) is 0 Å². The zero-order valence-corrected chi connectivity index (χ0v) is 16.9. The quantitative estimate of drug-likeness (QED) is 0.721. The molecule has 2 fully saturated rings. The first-order valence-corrected chi connectivity index (χ1v) is 10.5. The van der Waals surface area contributed by atoms with E-state index in [1.807, 2.05) is 24.8 Å². The first-order valence-electron chi connectivity index (χ1n) is 10.5. The van der Waals surface area contributed by atoms with Crippen molar-refractivity contribution in [1.82, 2.24) is 20.1 Å². The highest BCUT2D eigenvalue weighted by atomic mass is 16.2. The minimum atomic E-state index is 0.0883. The van der Waals surface area contributed by atoms with E-state index in [2.05, 4.69) is 15.2 Å². The number of H-pyrrole nitrogens is 1. The van der Waals surface area contributed by atoms with E-state index >= 15 is 0 Å². The van der Waals surface area contributed by atoms with Gasteiger partial charge in [-0.3, -0.25) is 9.59 Å². The highest BCUT2D eigenvalue weighted by molar-refractivity contribution is 5.94. The Kier molecular flexibility index (Phi) is 6.94. The zero-order valence-electron chi connectivity index (χ0n) is 16.9. The Morgan fingerprint density at radius 1 is 1.15 bits per heavy atom. The van der Waals surface area contributed by atoms with Gasteiger partial charge in [0.25, 0.3) is 5.91 Å². The molecule has 0 atom stereocenters. The van der Waals surface area contributed by atoms with Gasteiger partial charge in [-0.1, -0.05) is 0 Å². The van der Waals surface area contributed by atoms with Crippen LogP contribution in [0.25, 0.3) is 0 Å². The third-order valence-electron chi connectivity index (χ3n) is 5.91. The molecule has 0 bridgehead atoms. The average Bonchev–Trinajstić information content (AvgIpc) is 3.28. The summed E-state index contributed by atoms with van der Waals surface area (Å²) in [6.45, 7) is 9.72. The van der Waals surface area contributed by atoms with E-state index in [9.17, 15) is 9.59 Å². The molecule has 2 aliphatic rings. The van der Waals surface area contributed by atoms with Crippen molar-refractivity contribution >= 4 is 11.8 Å². The van der Waals surface area contributed by atoms with Gasteiger partial charge in [0, 0.05) is 31.7 Å². The third kappa shape index (κ3) is 5.58. The Morgan fingerprint density at radius 3 is 2.48 bits per heavy atom. The summed E-state index contributed by atoms with van der Waals surface area (Å²) in [4.78, 5) is 32.4. The predicted molar refractivity (Wildman–Crippen MR) is 107 cm³/mol. The monoisotopic (exact) mass is 374 g/mol. The average molecular weight is 375 g/mol. The van der Waals surface area contributed by atoms with Gasteiger partial charge in [-0.05, 0) is 83.1 Å². The number of aromatic amines is 1. The van der Waals surface area contributed by atoms with Crippen LogP contribution >= 0.6 is 0 Å². The van der Waals surface area contributed by atoms with Crippen molar-refractivity contribution in [2.24, 2.45) is 5.92 Å². The fourth-order valence-electron chi connectivity index (χ4n) is 4.32. The van der Waals surface area contributed by atoms with Gasteiger partial charge in [0.1, 0.15) is 5.69 Å². The number of likely N-dealkylation sites (tertiary alicyclic amines) is 2. The lowest BCUT2D eigenvalue weighted by molar-refractivity contribution is -0.122. The van der Waals surface area contributed by atoms with Crippen molar-refractivity contribution in [3.63, 3.8) is 0 Å². The van der Waals surface area contributed by atoms with E-state index in [0.29, 0.717) is 18.0 Å². The molecule has 0 saturated carbocycles. The molecule has 1 aromatic heterocycles. The Morgan fingerprint density at radius 2 is 1.85 bits per heavy atom. The Hall–Kier alpha value is -1.82. The summed E-state index contributed by atoms with van der Waals surface area (Å²) in [5.74, 6) is 0.640. The number of aromatic nitrogens is 1. The van der Waals surface area contributed by atoms with Crippen LogP contribution in [0.4, 0.5) is 0 Å². The number of nitrogens with zero attached hydrogens (tertiary/aromatic N) is 2. The SMILES string of the molecule is Cc1cc(C)c(C(=O)N2CCC(CC(=O)NCCCN3CCCC3)CC2)[nH]1. The number of amides is 2. The minimum Gasteiger partial charge on any atom is -0.356 e. The highest BCUT2D eigenvalue weighted by Gasteiger charge is 2.26. The summed E-state index contributed by atoms with van der Waals surface area (Å²) in [6, 6.07) is 2.01. The van der Waals surface area contributed by atoms with E-state index in [1.165, 1.54) is 25.9 Å². The topological polar surface area (TPSA) is 68.4 Å². The summed E-state index contributed by atoms with van der Waals surface area (Å²) in [6.07, 6.45) is 6.07. The van der Waals surface area contributed by atoms with Gasteiger partial charge < -0.3 is 20.1 Å². The number of aryl methyl sites for hydroxylation is 2. The second-order valence-electron chi connectivity index (χ2n) is 8.20. The zero-order chi connectivity index (χ0) is 19.2. The van der Waals surface area contributed by atoms with Crippen LogP contribution in [0, 0.1) is 19.8 Å². The van der Waals surface area contributed by atoms with Crippen molar-refractivity contribution in [2.75, 3.05) is 39.3 Å². The van der Waals surface area contributed by atoms with Crippen LogP contribution in [0.15, 0.2) is 6.07 Å². The first kappa shape index (κ1) is 19.9. The molecule has 150 valence electrons. The first-order chi connectivity index (χ1) is 13.0. The van der Waals surface area contributed by atoms with Gasteiger partial charge in [-0.25, -0.2) is 0 Å². The second kappa shape index (κ2) is 9.40. The number of hydrogen-bond acceptors (Lipinski definition) is 3. The van der Waals surface area contributed by atoms with Crippen molar-refractivity contribution < 1.29 is 9.59 Å². The molecule has 0 spiro atoms. The molecule has 2 amide bonds. The van der Waals surface area contributed by atoms with Crippen molar-refractivity contribution in [3.8, 4) is 0 Å². The summed E-state index contributed by atoms with van der Waals surface area (Å²) < 4.78 is 0. The van der Waals surface area contributed by atoms with Crippen molar-refractivity contribution in [3.05, 3.63) is 23.0 Å². The maximum Gasteiger partial charge on any atom is 0.270 e. The van der Waals surface area contributed by atoms with Crippen LogP contribution in [0.1, 0.15) is 60.3 Å². The fraction of sp³-hybridized carbons (Fsp3) is 0.714. The van der Waals surface area contributed by atoms with Gasteiger partial charge in [0.05, 0.1) is 0 Å².